The third-order valence-corrected chi connectivity index (χ3v) is 8.42. The summed E-state index contributed by atoms with van der Waals surface area (Å²) >= 11 is 0. The minimum Gasteiger partial charge on any atom is -0.449 e. The molecule has 0 N–H and O–H groups in total. The highest BCUT2D eigenvalue weighted by Gasteiger charge is 2.36. The summed E-state index contributed by atoms with van der Waals surface area (Å²) in [4.78, 5) is 27.2. The van der Waals surface area contributed by atoms with E-state index in [0.717, 1.165) is 18.4 Å². The summed E-state index contributed by atoms with van der Waals surface area (Å²) in [6.07, 6.45) is 1.57. The predicted molar refractivity (Wildman–Crippen MR) is 126 cm³/mol. The summed E-state index contributed by atoms with van der Waals surface area (Å²) in [5.41, 5.74) is 1.74. The predicted octanol–water partition coefficient (Wildman–Crippen LogP) is 3.63. The number of carbonyl (C=O) groups excluding carboxylic acids is 2. The fourth-order valence-electron chi connectivity index (χ4n) is 4.57. The summed E-state index contributed by atoms with van der Waals surface area (Å²) in [5.74, 6) is -0.350. The lowest BCUT2D eigenvalue weighted by atomic mass is 9.99. The number of rotatable bonds is 5. The van der Waals surface area contributed by atoms with E-state index >= 15 is 0 Å². The molecule has 2 heterocycles. The van der Waals surface area contributed by atoms with Crippen molar-refractivity contribution in [2.24, 2.45) is 5.92 Å². The van der Waals surface area contributed by atoms with Crippen LogP contribution in [0.2, 0.25) is 0 Å². The molecule has 2 aliphatic rings. The Hall–Kier alpha value is -2.87. The van der Waals surface area contributed by atoms with Gasteiger partial charge in [-0.05, 0) is 68.9 Å². The van der Waals surface area contributed by atoms with Crippen LogP contribution in [-0.2, 0) is 26.0 Å². The molecule has 1 saturated heterocycles. The number of nitrogens with zero attached hydrogens (tertiary/aromatic N) is 2. The Morgan fingerprint density at radius 1 is 1.03 bits per heavy atom. The summed E-state index contributed by atoms with van der Waals surface area (Å²) in [7, 11) is -3.87. The number of para-hydroxylation sites is 1. The van der Waals surface area contributed by atoms with E-state index in [-0.39, 0.29) is 22.4 Å². The molecular formula is C25H30N2O5S. The third kappa shape index (κ3) is 4.62. The van der Waals surface area contributed by atoms with Crippen LogP contribution in [0.3, 0.4) is 0 Å². The average Bonchev–Trinajstić information content (AvgIpc) is 3.15. The van der Waals surface area contributed by atoms with Gasteiger partial charge < -0.3 is 9.64 Å². The zero-order valence-corrected chi connectivity index (χ0v) is 20.0. The molecule has 0 radical (unpaired) electrons. The Morgan fingerprint density at radius 3 is 2.45 bits per heavy atom. The van der Waals surface area contributed by atoms with Crippen LogP contribution in [0.15, 0.2) is 53.4 Å². The van der Waals surface area contributed by atoms with Gasteiger partial charge in [-0.25, -0.2) is 13.2 Å². The number of likely N-dealkylation sites (tertiary alicyclic amines) is 1. The maximum absolute atomic E-state index is 13.5. The number of esters is 1. The van der Waals surface area contributed by atoms with Crippen molar-refractivity contribution < 1.29 is 22.7 Å². The second-order valence-electron chi connectivity index (χ2n) is 9.07. The first-order valence-electron chi connectivity index (χ1n) is 11.4. The molecule has 0 bridgehead atoms. The third-order valence-electron chi connectivity index (χ3n) is 6.50. The van der Waals surface area contributed by atoms with Gasteiger partial charge in [0.05, 0.1) is 16.1 Å². The van der Waals surface area contributed by atoms with Crippen LogP contribution in [0.1, 0.15) is 49.5 Å². The molecule has 176 valence electrons. The Bertz CT molecular complexity index is 1150. The molecule has 2 aromatic carbocycles. The first-order valence-corrected chi connectivity index (χ1v) is 12.8. The van der Waals surface area contributed by atoms with Crippen molar-refractivity contribution in [3.63, 3.8) is 0 Å². The molecule has 4 rings (SSSR count). The van der Waals surface area contributed by atoms with Gasteiger partial charge >= 0.3 is 5.97 Å². The standard InChI is InChI=1S/C25H30N2O5S/c1-17-11-13-26(14-12-17)24(28)19(3)32-25(29)21-8-6-9-22(16-21)33(30,31)27-18(2)15-20-7-4-5-10-23(20)27/h4-10,16-19H,11-15H2,1-3H3. The minimum atomic E-state index is -3.87. The van der Waals surface area contributed by atoms with Crippen molar-refractivity contribution in [1.82, 2.24) is 4.90 Å². The number of benzene rings is 2. The van der Waals surface area contributed by atoms with Crippen molar-refractivity contribution in [2.45, 2.75) is 57.1 Å². The molecule has 2 atom stereocenters. The summed E-state index contributed by atoms with van der Waals surface area (Å²) in [5, 5.41) is 0. The fraction of sp³-hybridized carbons (Fsp3) is 0.440. The molecular weight excluding hydrogens is 440 g/mol. The summed E-state index contributed by atoms with van der Waals surface area (Å²) in [6.45, 7) is 6.90. The van der Waals surface area contributed by atoms with Gasteiger partial charge in [0.15, 0.2) is 6.10 Å². The quantitative estimate of drug-likeness (QED) is 0.623. The molecule has 33 heavy (non-hydrogen) atoms. The molecule has 2 aromatic rings. The number of carbonyl (C=O) groups is 2. The Labute approximate surface area is 195 Å². The molecule has 2 unspecified atom stereocenters. The van der Waals surface area contributed by atoms with E-state index < -0.39 is 22.1 Å². The summed E-state index contributed by atoms with van der Waals surface area (Å²) < 4.78 is 33.7. The summed E-state index contributed by atoms with van der Waals surface area (Å²) in [6, 6.07) is 13.0. The lowest BCUT2D eigenvalue weighted by Crippen LogP contribution is -2.44. The smallest absolute Gasteiger partial charge is 0.338 e. The van der Waals surface area contributed by atoms with Crippen LogP contribution >= 0.6 is 0 Å². The molecule has 1 amide bonds. The lowest BCUT2D eigenvalue weighted by Gasteiger charge is -2.31. The van der Waals surface area contributed by atoms with Gasteiger partial charge in [-0.3, -0.25) is 9.10 Å². The molecule has 2 aliphatic heterocycles. The van der Waals surface area contributed by atoms with E-state index in [1.165, 1.54) is 28.6 Å². The van der Waals surface area contributed by atoms with E-state index in [0.29, 0.717) is 31.1 Å². The highest BCUT2D eigenvalue weighted by atomic mass is 32.2. The van der Waals surface area contributed by atoms with Crippen LogP contribution in [0.25, 0.3) is 0 Å². The lowest BCUT2D eigenvalue weighted by molar-refractivity contribution is -0.141. The Kier molecular flexibility index (Phi) is 6.47. The number of fused-ring (bicyclic) bond motifs is 1. The van der Waals surface area contributed by atoms with Crippen LogP contribution in [0, 0.1) is 5.92 Å². The number of ether oxygens (including phenoxy) is 1. The first-order chi connectivity index (χ1) is 15.7. The van der Waals surface area contributed by atoms with E-state index in [1.807, 2.05) is 25.1 Å². The van der Waals surface area contributed by atoms with Gasteiger partial charge in [0.1, 0.15) is 0 Å². The van der Waals surface area contributed by atoms with E-state index in [1.54, 1.807) is 17.9 Å². The zero-order valence-electron chi connectivity index (χ0n) is 19.2. The van der Waals surface area contributed by atoms with E-state index in [2.05, 4.69) is 6.92 Å². The number of amides is 1. The first kappa shape index (κ1) is 23.3. The van der Waals surface area contributed by atoms with Crippen molar-refractivity contribution in [1.29, 1.82) is 0 Å². The number of sulfonamides is 1. The number of anilines is 1. The highest BCUT2D eigenvalue weighted by Crippen LogP contribution is 2.36. The Morgan fingerprint density at radius 2 is 1.73 bits per heavy atom. The van der Waals surface area contributed by atoms with Crippen molar-refractivity contribution >= 4 is 27.6 Å². The number of hydrogen-bond acceptors (Lipinski definition) is 5. The van der Waals surface area contributed by atoms with Gasteiger partial charge in [0.25, 0.3) is 15.9 Å². The van der Waals surface area contributed by atoms with Gasteiger partial charge in [-0.2, -0.15) is 0 Å². The molecule has 0 aromatic heterocycles. The van der Waals surface area contributed by atoms with Crippen LogP contribution < -0.4 is 4.31 Å². The van der Waals surface area contributed by atoms with Gasteiger partial charge in [-0.1, -0.05) is 31.2 Å². The van der Waals surface area contributed by atoms with E-state index in [9.17, 15) is 18.0 Å². The average molecular weight is 471 g/mol. The van der Waals surface area contributed by atoms with Crippen molar-refractivity contribution in [2.75, 3.05) is 17.4 Å². The normalized spacial score (nSPS) is 19.8. The van der Waals surface area contributed by atoms with Crippen LogP contribution in [-0.4, -0.2) is 50.4 Å². The fourth-order valence-corrected chi connectivity index (χ4v) is 6.30. The molecule has 1 fully saturated rings. The largest absolute Gasteiger partial charge is 0.449 e. The molecule has 8 heteroatoms. The monoisotopic (exact) mass is 470 g/mol. The maximum Gasteiger partial charge on any atom is 0.338 e. The van der Waals surface area contributed by atoms with Gasteiger partial charge in [0, 0.05) is 19.1 Å². The molecule has 0 aliphatic carbocycles. The van der Waals surface area contributed by atoms with Crippen LogP contribution in [0.4, 0.5) is 5.69 Å². The number of hydrogen-bond donors (Lipinski definition) is 0. The van der Waals surface area contributed by atoms with Crippen molar-refractivity contribution in [3.05, 3.63) is 59.7 Å². The second kappa shape index (κ2) is 9.17. The maximum atomic E-state index is 13.5. The van der Waals surface area contributed by atoms with Crippen LogP contribution in [0.5, 0.6) is 0 Å². The van der Waals surface area contributed by atoms with Gasteiger partial charge in [-0.15, -0.1) is 0 Å². The van der Waals surface area contributed by atoms with Gasteiger partial charge in [0.2, 0.25) is 0 Å². The van der Waals surface area contributed by atoms with E-state index in [4.69, 9.17) is 4.74 Å². The second-order valence-corrected chi connectivity index (χ2v) is 10.9. The molecule has 0 saturated carbocycles. The zero-order chi connectivity index (χ0) is 23.8. The molecule has 7 nitrogen and oxygen atoms in total. The minimum absolute atomic E-state index is 0.0181. The number of piperidine rings is 1. The van der Waals surface area contributed by atoms with Crippen molar-refractivity contribution in [3.8, 4) is 0 Å². The highest BCUT2D eigenvalue weighted by molar-refractivity contribution is 7.92. The SMILES string of the molecule is CC1CCN(C(=O)C(C)OC(=O)c2cccc(S(=O)(=O)N3c4ccccc4CC3C)c2)CC1. The Balaban J connectivity index is 1.51. The topological polar surface area (TPSA) is 84.0 Å². The molecule has 0 spiro atoms.